The first-order valence-electron chi connectivity index (χ1n) is 7.67. The number of amides is 1. The van der Waals surface area contributed by atoms with Crippen LogP contribution in [0.4, 0.5) is 0 Å². The van der Waals surface area contributed by atoms with Crippen molar-refractivity contribution in [3.63, 3.8) is 0 Å². The van der Waals surface area contributed by atoms with E-state index in [2.05, 4.69) is 19.2 Å². The van der Waals surface area contributed by atoms with Gasteiger partial charge >= 0.3 is 0 Å². The minimum atomic E-state index is 0.0128. The van der Waals surface area contributed by atoms with Gasteiger partial charge in [-0.3, -0.25) is 4.79 Å². The zero-order chi connectivity index (χ0) is 15.4. The number of carbonyl (C=O) groups is 1. The third kappa shape index (κ3) is 3.56. The average molecular weight is 290 g/mol. The molecule has 3 unspecified atom stereocenters. The number of ether oxygens (including phenoxy) is 1. The van der Waals surface area contributed by atoms with Crippen LogP contribution in [0.25, 0.3) is 0 Å². The third-order valence-corrected chi connectivity index (χ3v) is 4.49. The Balaban J connectivity index is 2.11. The summed E-state index contributed by atoms with van der Waals surface area (Å²) in [7, 11) is 3.56. The van der Waals surface area contributed by atoms with E-state index < -0.39 is 0 Å². The van der Waals surface area contributed by atoms with Gasteiger partial charge in [-0.2, -0.15) is 0 Å². The summed E-state index contributed by atoms with van der Waals surface area (Å²) in [6.45, 7) is 5.12. The van der Waals surface area contributed by atoms with Crippen LogP contribution in [0.5, 0.6) is 5.75 Å². The van der Waals surface area contributed by atoms with Crippen molar-refractivity contribution in [1.29, 1.82) is 0 Å². The molecule has 116 valence electrons. The molecule has 0 aliphatic carbocycles. The standard InChI is InChI=1S/C17H26N2O2/c1-12-11-14(9-10-18-12)17(20)19(3)13(2)15-7-5-6-8-16(15)21-4/h5-8,12-14,18H,9-11H2,1-4H3. The number of methoxy groups -OCH3 is 1. The van der Waals surface area contributed by atoms with Crippen molar-refractivity contribution >= 4 is 5.91 Å². The highest BCUT2D eigenvalue weighted by Gasteiger charge is 2.29. The molecule has 1 aliphatic rings. The number of benzene rings is 1. The van der Waals surface area contributed by atoms with Crippen LogP contribution in [0.2, 0.25) is 0 Å². The molecular formula is C17H26N2O2. The van der Waals surface area contributed by atoms with Crippen LogP contribution < -0.4 is 10.1 Å². The number of carbonyl (C=O) groups excluding carboxylic acids is 1. The summed E-state index contributed by atoms with van der Waals surface area (Å²) in [5.74, 6) is 1.20. The van der Waals surface area contributed by atoms with Gasteiger partial charge in [-0.15, -0.1) is 0 Å². The molecule has 2 rings (SSSR count). The molecule has 1 heterocycles. The van der Waals surface area contributed by atoms with Crippen molar-refractivity contribution in [2.24, 2.45) is 5.92 Å². The molecule has 1 aromatic carbocycles. The normalized spacial score (nSPS) is 23.4. The van der Waals surface area contributed by atoms with E-state index in [0.717, 1.165) is 30.7 Å². The maximum Gasteiger partial charge on any atom is 0.226 e. The minimum absolute atomic E-state index is 0.0128. The lowest BCUT2D eigenvalue weighted by atomic mass is 9.91. The molecule has 4 nitrogen and oxygen atoms in total. The Kier molecular flexibility index (Phi) is 5.23. The van der Waals surface area contributed by atoms with Crippen LogP contribution in [-0.4, -0.2) is 37.6 Å². The Morgan fingerprint density at radius 3 is 2.81 bits per heavy atom. The Morgan fingerprint density at radius 1 is 1.43 bits per heavy atom. The van der Waals surface area contributed by atoms with E-state index in [9.17, 15) is 4.79 Å². The third-order valence-electron chi connectivity index (χ3n) is 4.49. The van der Waals surface area contributed by atoms with Crippen LogP contribution in [0.3, 0.4) is 0 Å². The predicted molar refractivity (Wildman–Crippen MR) is 84.4 cm³/mol. The maximum absolute atomic E-state index is 12.7. The number of rotatable bonds is 4. The molecule has 1 saturated heterocycles. The molecule has 0 aromatic heterocycles. The van der Waals surface area contributed by atoms with Gasteiger partial charge in [0.25, 0.3) is 0 Å². The van der Waals surface area contributed by atoms with Gasteiger partial charge in [0.05, 0.1) is 13.2 Å². The van der Waals surface area contributed by atoms with Crippen LogP contribution >= 0.6 is 0 Å². The maximum atomic E-state index is 12.7. The Labute approximate surface area is 127 Å². The minimum Gasteiger partial charge on any atom is -0.496 e. The first-order chi connectivity index (χ1) is 10.0. The number of hydrogen-bond acceptors (Lipinski definition) is 3. The summed E-state index contributed by atoms with van der Waals surface area (Å²) < 4.78 is 5.41. The summed E-state index contributed by atoms with van der Waals surface area (Å²) in [4.78, 5) is 14.6. The van der Waals surface area contributed by atoms with Gasteiger partial charge < -0.3 is 15.0 Å². The van der Waals surface area contributed by atoms with Gasteiger partial charge in [0, 0.05) is 24.6 Å². The average Bonchev–Trinajstić information content (AvgIpc) is 2.52. The highest BCUT2D eigenvalue weighted by Crippen LogP contribution is 2.30. The lowest BCUT2D eigenvalue weighted by Gasteiger charge is -2.33. The number of piperidine rings is 1. The number of nitrogens with one attached hydrogen (secondary N) is 1. The first kappa shape index (κ1) is 15.8. The zero-order valence-electron chi connectivity index (χ0n) is 13.4. The first-order valence-corrected chi connectivity index (χ1v) is 7.67. The lowest BCUT2D eigenvalue weighted by Crippen LogP contribution is -2.43. The van der Waals surface area contributed by atoms with Crippen LogP contribution in [0.15, 0.2) is 24.3 Å². The zero-order valence-corrected chi connectivity index (χ0v) is 13.4. The molecule has 1 aromatic rings. The number of nitrogens with zero attached hydrogens (tertiary/aromatic N) is 1. The fourth-order valence-corrected chi connectivity index (χ4v) is 3.06. The van der Waals surface area contributed by atoms with Crippen molar-refractivity contribution < 1.29 is 9.53 Å². The molecule has 0 saturated carbocycles. The molecule has 21 heavy (non-hydrogen) atoms. The monoisotopic (exact) mass is 290 g/mol. The van der Waals surface area contributed by atoms with Crippen molar-refractivity contribution in [3.05, 3.63) is 29.8 Å². The van der Waals surface area contributed by atoms with Gasteiger partial charge in [0.15, 0.2) is 0 Å². The summed E-state index contributed by atoms with van der Waals surface area (Å²) in [6, 6.07) is 8.33. The molecule has 0 spiro atoms. The van der Waals surface area contributed by atoms with Crippen molar-refractivity contribution in [1.82, 2.24) is 10.2 Å². The van der Waals surface area contributed by atoms with Gasteiger partial charge in [-0.05, 0) is 39.3 Å². The topological polar surface area (TPSA) is 41.6 Å². The van der Waals surface area contributed by atoms with Gasteiger partial charge in [-0.25, -0.2) is 0 Å². The summed E-state index contributed by atoms with van der Waals surface area (Å²) in [5, 5.41) is 3.39. The van der Waals surface area contributed by atoms with Crippen molar-refractivity contribution in [3.8, 4) is 5.75 Å². The summed E-state index contributed by atoms with van der Waals surface area (Å²) >= 11 is 0. The molecule has 1 amide bonds. The van der Waals surface area contributed by atoms with E-state index in [-0.39, 0.29) is 17.9 Å². The molecule has 1 N–H and O–H groups in total. The quantitative estimate of drug-likeness (QED) is 0.927. The second-order valence-corrected chi connectivity index (χ2v) is 5.94. The summed E-state index contributed by atoms with van der Waals surface area (Å²) in [5.41, 5.74) is 1.05. The van der Waals surface area contributed by atoms with E-state index in [1.54, 1.807) is 7.11 Å². The van der Waals surface area contributed by atoms with E-state index in [1.165, 1.54) is 0 Å². The Bertz CT molecular complexity index is 489. The molecular weight excluding hydrogens is 264 g/mol. The van der Waals surface area contributed by atoms with E-state index in [0.29, 0.717) is 6.04 Å². The molecule has 0 bridgehead atoms. The van der Waals surface area contributed by atoms with E-state index in [4.69, 9.17) is 4.74 Å². The SMILES string of the molecule is COc1ccccc1C(C)N(C)C(=O)C1CCNC(C)C1. The second-order valence-electron chi connectivity index (χ2n) is 5.94. The smallest absolute Gasteiger partial charge is 0.226 e. The molecule has 3 atom stereocenters. The van der Waals surface area contributed by atoms with Crippen molar-refractivity contribution in [2.75, 3.05) is 20.7 Å². The molecule has 0 radical (unpaired) electrons. The highest BCUT2D eigenvalue weighted by molar-refractivity contribution is 5.79. The predicted octanol–water partition coefficient (Wildman–Crippen LogP) is 2.60. The van der Waals surface area contributed by atoms with Gasteiger partial charge in [0.2, 0.25) is 5.91 Å². The molecule has 1 fully saturated rings. The molecule has 4 heteroatoms. The largest absolute Gasteiger partial charge is 0.496 e. The number of hydrogen-bond donors (Lipinski definition) is 1. The Morgan fingerprint density at radius 2 is 2.14 bits per heavy atom. The van der Waals surface area contributed by atoms with Gasteiger partial charge in [-0.1, -0.05) is 18.2 Å². The second kappa shape index (κ2) is 6.94. The van der Waals surface area contributed by atoms with Gasteiger partial charge in [0.1, 0.15) is 5.75 Å². The van der Waals surface area contributed by atoms with Crippen LogP contribution in [0, 0.1) is 5.92 Å². The number of para-hydroxylation sites is 1. The highest BCUT2D eigenvalue weighted by atomic mass is 16.5. The summed E-state index contributed by atoms with van der Waals surface area (Å²) in [6.07, 6.45) is 1.84. The fraction of sp³-hybridized carbons (Fsp3) is 0.588. The van der Waals surface area contributed by atoms with E-state index in [1.807, 2.05) is 36.2 Å². The molecule has 1 aliphatic heterocycles. The van der Waals surface area contributed by atoms with E-state index >= 15 is 0 Å². The van der Waals surface area contributed by atoms with Crippen LogP contribution in [-0.2, 0) is 4.79 Å². The lowest BCUT2D eigenvalue weighted by molar-refractivity contribution is -0.137. The Hall–Kier alpha value is -1.55. The van der Waals surface area contributed by atoms with Crippen molar-refractivity contribution in [2.45, 2.75) is 38.8 Å². The van der Waals surface area contributed by atoms with Crippen LogP contribution in [0.1, 0.15) is 38.3 Å². The fourth-order valence-electron chi connectivity index (χ4n) is 3.06.